The van der Waals surface area contributed by atoms with E-state index >= 15 is 0 Å². The molecule has 1 aromatic carbocycles. The molecule has 1 N–H and O–H groups in total. The van der Waals surface area contributed by atoms with E-state index < -0.39 is 0 Å². The van der Waals surface area contributed by atoms with Crippen LogP contribution in [0.15, 0.2) is 39.9 Å². The number of benzene rings is 1. The van der Waals surface area contributed by atoms with Gasteiger partial charge in [0, 0.05) is 5.92 Å². The van der Waals surface area contributed by atoms with Crippen LogP contribution in [0.25, 0.3) is 0 Å². The monoisotopic (exact) mass is 326 g/mol. The maximum Gasteiger partial charge on any atom is 0.277 e. The number of aryl methyl sites for hydroxylation is 2. The largest absolute Gasteiger partial charge is 0.483 e. The third-order valence-corrected chi connectivity index (χ3v) is 4.21. The highest BCUT2D eigenvalue weighted by atomic mass is 16.5. The molecule has 0 radical (unpaired) electrons. The van der Waals surface area contributed by atoms with Gasteiger partial charge in [0.15, 0.2) is 6.61 Å². The summed E-state index contributed by atoms with van der Waals surface area (Å²) < 4.78 is 11.2. The zero-order valence-corrected chi connectivity index (χ0v) is 14.2. The number of carbonyl (C=O) groups excluding carboxylic acids is 1. The smallest absolute Gasteiger partial charge is 0.277 e. The number of hydrogen-bond acceptors (Lipinski definition) is 4. The Morgan fingerprint density at radius 2 is 2.17 bits per heavy atom. The van der Waals surface area contributed by atoms with Crippen LogP contribution < -0.4 is 10.2 Å². The van der Waals surface area contributed by atoms with Crippen LogP contribution in [0.1, 0.15) is 41.9 Å². The van der Waals surface area contributed by atoms with Crippen LogP contribution in [0.2, 0.25) is 0 Å². The fourth-order valence-electron chi connectivity index (χ4n) is 2.56. The van der Waals surface area contributed by atoms with Crippen LogP contribution in [-0.2, 0) is 4.79 Å². The van der Waals surface area contributed by atoms with Gasteiger partial charge in [-0.05, 0) is 55.5 Å². The van der Waals surface area contributed by atoms with Gasteiger partial charge in [-0.1, -0.05) is 19.1 Å². The molecule has 24 heavy (non-hydrogen) atoms. The van der Waals surface area contributed by atoms with Gasteiger partial charge in [-0.25, -0.2) is 5.43 Å². The van der Waals surface area contributed by atoms with Crippen LogP contribution in [0, 0.1) is 19.8 Å². The first-order chi connectivity index (χ1) is 11.5. The maximum atomic E-state index is 11.8. The Morgan fingerprint density at radius 1 is 1.38 bits per heavy atom. The summed E-state index contributed by atoms with van der Waals surface area (Å²) >= 11 is 0. The van der Waals surface area contributed by atoms with Gasteiger partial charge >= 0.3 is 0 Å². The predicted octanol–water partition coefficient (Wildman–Crippen LogP) is 3.55. The Balaban J connectivity index is 1.46. The molecule has 0 unspecified atom stereocenters. The van der Waals surface area contributed by atoms with Gasteiger partial charge in [0.2, 0.25) is 0 Å². The van der Waals surface area contributed by atoms with E-state index in [1.165, 1.54) is 12.6 Å². The zero-order valence-electron chi connectivity index (χ0n) is 14.2. The van der Waals surface area contributed by atoms with E-state index in [2.05, 4.69) is 17.5 Å². The summed E-state index contributed by atoms with van der Waals surface area (Å²) in [5.41, 5.74) is 4.53. The summed E-state index contributed by atoms with van der Waals surface area (Å²) in [6, 6.07) is 9.72. The van der Waals surface area contributed by atoms with Gasteiger partial charge in [0.1, 0.15) is 17.3 Å². The topological polar surface area (TPSA) is 63.8 Å². The van der Waals surface area contributed by atoms with Gasteiger partial charge in [-0.3, -0.25) is 4.79 Å². The molecule has 1 fully saturated rings. The molecule has 2 atom stereocenters. The Bertz CT molecular complexity index is 764. The lowest BCUT2D eigenvalue weighted by Gasteiger charge is -2.08. The highest BCUT2D eigenvalue weighted by Gasteiger charge is 2.36. The number of furan rings is 1. The van der Waals surface area contributed by atoms with Crippen molar-refractivity contribution in [3.8, 4) is 5.75 Å². The second-order valence-corrected chi connectivity index (χ2v) is 6.41. The molecule has 0 aliphatic heterocycles. The van der Waals surface area contributed by atoms with Gasteiger partial charge in [-0.15, -0.1) is 0 Å². The Hall–Kier alpha value is -2.56. The molecule has 2 aromatic rings. The lowest BCUT2D eigenvalue weighted by atomic mass is 10.1. The summed E-state index contributed by atoms with van der Waals surface area (Å²) in [7, 11) is 0. The predicted molar refractivity (Wildman–Crippen MR) is 92.4 cm³/mol. The second-order valence-electron chi connectivity index (χ2n) is 6.41. The molecule has 3 rings (SSSR count). The number of amides is 1. The van der Waals surface area contributed by atoms with Crippen LogP contribution in [0.3, 0.4) is 0 Å². The number of hydrazone groups is 1. The molecule has 1 aliphatic carbocycles. The van der Waals surface area contributed by atoms with Crippen molar-refractivity contribution in [3.05, 3.63) is 53.0 Å². The van der Waals surface area contributed by atoms with Crippen molar-refractivity contribution in [2.45, 2.75) is 33.1 Å². The van der Waals surface area contributed by atoms with E-state index in [-0.39, 0.29) is 12.5 Å². The minimum absolute atomic E-state index is 0.0787. The fourth-order valence-corrected chi connectivity index (χ4v) is 2.56. The number of ether oxygens (including phenoxy) is 1. The van der Waals surface area contributed by atoms with Crippen molar-refractivity contribution in [3.63, 3.8) is 0 Å². The molecule has 5 nitrogen and oxygen atoms in total. The van der Waals surface area contributed by atoms with Crippen molar-refractivity contribution in [1.82, 2.24) is 5.43 Å². The standard InChI is InChI=1S/C19H22N2O3/c1-12-4-5-13(2)18(8-12)23-11-19(22)21-20-10-15-6-7-17(24-15)16-9-14(16)3/h4-8,10,14,16H,9,11H2,1-3H3,(H,21,22)/b20-10-/t14-,16-/m0/s1. The second kappa shape index (κ2) is 6.91. The molecular formula is C19H22N2O3. The van der Waals surface area contributed by atoms with Crippen molar-refractivity contribution in [2.24, 2.45) is 11.0 Å². The minimum Gasteiger partial charge on any atom is -0.483 e. The Labute approximate surface area is 141 Å². The summed E-state index contributed by atoms with van der Waals surface area (Å²) in [5.74, 6) is 3.27. The number of carbonyl (C=O) groups is 1. The van der Waals surface area contributed by atoms with Crippen LogP contribution in [0.4, 0.5) is 0 Å². The SMILES string of the molecule is Cc1ccc(C)c(OCC(=O)N/N=C\c2ccc([C@H]3C[C@@H]3C)o2)c1. The normalized spacial score (nSPS) is 19.5. The molecule has 0 saturated heterocycles. The molecule has 126 valence electrons. The molecule has 0 bridgehead atoms. The van der Waals surface area contributed by atoms with Crippen molar-refractivity contribution in [1.29, 1.82) is 0 Å². The maximum absolute atomic E-state index is 11.8. The molecule has 0 spiro atoms. The van der Waals surface area contributed by atoms with E-state index in [9.17, 15) is 4.79 Å². The summed E-state index contributed by atoms with van der Waals surface area (Å²) in [6.07, 6.45) is 2.68. The molecule has 1 aliphatic rings. The number of rotatable bonds is 6. The highest BCUT2D eigenvalue weighted by molar-refractivity contribution is 5.81. The van der Waals surface area contributed by atoms with E-state index in [4.69, 9.17) is 9.15 Å². The van der Waals surface area contributed by atoms with Gasteiger partial charge in [-0.2, -0.15) is 5.10 Å². The minimum atomic E-state index is -0.310. The summed E-state index contributed by atoms with van der Waals surface area (Å²) in [4.78, 5) is 11.8. The lowest BCUT2D eigenvalue weighted by molar-refractivity contribution is -0.123. The first-order valence-electron chi connectivity index (χ1n) is 8.14. The molecule has 1 saturated carbocycles. The first-order valence-corrected chi connectivity index (χ1v) is 8.14. The molecular weight excluding hydrogens is 304 g/mol. The van der Waals surface area contributed by atoms with E-state index in [1.807, 2.05) is 44.2 Å². The van der Waals surface area contributed by atoms with Crippen molar-refractivity contribution in [2.75, 3.05) is 6.61 Å². The van der Waals surface area contributed by atoms with Crippen molar-refractivity contribution >= 4 is 12.1 Å². The van der Waals surface area contributed by atoms with E-state index in [1.54, 1.807) is 0 Å². The quantitative estimate of drug-likeness (QED) is 0.652. The van der Waals surface area contributed by atoms with E-state index in [0.29, 0.717) is 23.3 Å². The average Bonchev–Trinajstić information content (AvgIpc) is 3.09. The highest BCUT2D eigenvalue weighted by Crippen LogP contribution is 2.47. The molecule has 1 heterocycles. The third kappa shape index (κ3) is 4.04. The average molecular weight is 326 g/mol. The zero-order chi connectivity index (χ0) is 17.1. The summed E-state index contributed by atoms with van der Waals surface area (Å²) in [6.45, 7) is 6.05. The van der Waals surface area contributed by atoms with Crippen LogP contribution in [0.5, 0.6) is 5.75 Å². The number of nitrogens with one attached hydrogen (secondary N) is 1. The van der Waals surface area contributed by atoms with Crippen molar-refractivity contribution < 1.29 is 13.9 Å². The van der Waals surface area contributed by atoms with Crippen LogP contribution >= 0.6 is 0 Å². The lowest BCUT2D eigenvalue weighted by Crippen LogP contribution is -2.24. The molecule has 1 aromatic heterocycles. The van der Waals surface area contributed by atoms with E-state index in [0.717, 1.165) is 16.9 Å². The summed E-state index contributed by atoms with van der Waals surface area (Å²) in [5, 5.41) is 3.91. The molecule has 1 amide bonds. The van der Waals surface area contributed by atoms with Gasteiger partial charge in [0.25, 0.3) is 5.91 Å². The Kier molecular flexibility index (Phi) is 4.69. The number of hydrogen-bond donors (Lipinski definition) is 1. The third-order valence-electron chi connectivity index (χ3n) is 4.21. The van der Waals surface area contributed by atoms with Gasteiger partial charge in [0.05, 0.1) is 6.21 Å². The number of nitrogens with zero attached hydrogens (tertiary/aromatic N) is 1. The van der Waals surface area contributed by atoms with Crippen LogP contribution in [-0.4, -0.2) is 18.7 Å². The fraction of sp³-hybridized carbons (Fsp3) is 0.368. The first kappa shape index (κ1) is 16.3. The van der Waals surface area contributed by atoms with Gasteiger partial charge < -0.3 is 9.15 Å². The molecule has 5 heteroatoms. The Morgan fingerprint density at radius 3 is 2.92 bits per heavy atom.